The number of rotatable bonds is 3. The summed E-state index contributed by atoms with van der Waals surface area (Å²) in [6.45, 7) is 6.56. The van der Waals surface area contributed by atoms with Crippen molar-refractivity contribution in [2.24, 2.45) is 0 Å². The van der Waals surface area contributed by atoms with Crippen LogP contribution in [0.25, 0.3) is 0 Å². The fraction of sp³-hybridized carbons (Fsp3) is 0.278. The van der Waals surface area contributed by atoms with Crippen LogP contribution in [-0.4, -0.2) is 26.2 Å². The van der Waals surface area contributed by atoms with Gasteiger partial charge in [0.1, 0.15) is 5.75 Å². The number of carbonyl (C=O) groups excluding carboxylic acids is 1. The molecule has 0 aliphatic carbocycles. The van der Waals surface area contributed by atoms with E-state index in [9.17, 15) is 9.90 Å². The number of carbonyl (C=O) groups is 1. The third-order valence-electron chi connectivity index (χ3n) is 4.18. The number of hydrogen-bond donors (Lipinski definition) is 1. The van der Waals surface area contributed by atoms with Gasteiger partial charge in [0.2, 0.25) is 0 Å². The van der Waals surface area contributed by atoms with Gasteiger partial charge < -0.3 is 9.84 Å². The maximum Gasteiger partial charge on any atom is 0.261 e. The lowest BCUT2D eigenvalue weighted by Gasteiger charge is -2.21. The average Bonchev–Trinajstić information content (AvgIpc) is 2.77. The van der Waals surface area contributed by atoms with E-state index < -0.39 is 14.3 Å². The van der Waals surface area contributed by atoms with Crippen molar-refractivity contribution < 1.29 is 14.6 Å². The van der Waals surface area contributed by atoms with Gasteiger partial charge in [-0.2, -0.15) is 0 Å². The molecule has 4 nitrogen and oxygen atoms in total. The molecular weight excluding hydrogens is 306 g/mol. The Morgan fingerprint density at radius 1 is 1.13 bits per heavy atom. The molecule has 23 heavy (non-hydrogen) atoms. The predicted octanol–water partition coefficient (Wildman–Crippen LogP) is 2.89. The zero-order valence-corrected chi connectivity index (χ0v) is 14.8. The minimum Gasteiger partial charge on any atom is -0.497 e. The van der Waals surface area contributed by atoms with Crippen LogP contribution >= 0.6 is 0 Å². The van der Waals surface area contributed by atoms with Gasteiger partial charge in [0.15, 0.2) is 6.23 Å². The number of amides is 1. The third-order valence-corrected chi connectivity index (χ3v) is 6.19. The van der Waals surface area contributed by atoms with Gasteiger partial charge in [-0.1, -0.05) is 37.8 Å². The standard InChI is InChI=1S/C18H21NO3Si/c1-22-13-10-14-16(15(11-13)23(2,3)4)18(21)19(17(14)20)12-8-6-5-7-9-12/h5-11,17,20H,1-4H3. The zero-order chi connectivity index (χ0) is 16.8. The number of methoxy groups -OCH3 is 1. The Bertz CT molecular complexity index is 753. The summed E-state index contributed by atoms with van der Waals surface area (Å²) in [7, 11) is -0.173. The minimum absolute atomic E-state index is 0.140. The first-order valence-corrected chi connectivity index (χ1v) is 11.1. The zero-order valence-electron chi connectivity index (χ0n) is 13.8. The number of para-hydroxylation sites is 1. The monoisotopic (exact) mass is 327 g/mol. The number of nitrogens with zero attached hydrogens (tertiary/aromatic N) is 1. The van der Waals surface area contributed by atoms with Gasteiger partial charge in [0, 0.05) is 16.8 Å². The van der Waals surface area contributed by atoms with Crippen LogP contribution in [0.2, 0.25) is 19.6 Å². The number of aliphatic hydroxyl groups excluding tert-OH is 1. The maximum atomic E-state index is 13.0. The number of hydrogen-bond acceptors (Lipinski definition) is 3. The smallest absolute Gasteiger partial charge is 0.261 e. The van der Waals surface area contributed by atoms with Gasteiger partial charge in [-0.3, -0.25) is 9.69 Å². The summed E-state index contributed by atoms with van der Waals surface area (Å²) >= 11 is 0. The SMILES string of the molecule is COc1cc2c(c([Si](C)(C)C)c1)C(=O)N(c1ccccc1)C2O. The van der Waals surface area contributed by atoms with Crippen molar-refractivity contribution in [3.05, 3.63) is 53.6 Å². The Hall–Kier alpha value is -2.11. The van der Waals surface area contributed by atoms with E-state index in [0.717, 1.165) is 5.19 Å². The van der Waals surface area contributed by atoms with Crippen LogP contribution in [-0.2, 0) is 0 Å². The molecule has 5 heteroatoms. The molecule has 0 aromatic heterocycles. The minimum atomic E-state index is -1.78. The lowest BCUT2D eigenvalue weighted by atomic mass is 10.1. The second-order valence-corrected chi connectivity index (χ2v) is 11.8. The van der Waals surface area contributed by atoms with Crippen LogP contribution in [0.4, 0.5) is 5.69 Å². The summed E-state index contributed by atoms with van der Waals surface area (Å²) in [6, 6.07) is 13.0. The molecule has 120 valence electrons. The van der Waals surface area contributed by atoms with Crippen molar-refractivity contribution in [3.63, 3.8) is 0 Å². The first-order chi connectivity index (χ1) is 10.8. The lowest BCUT2D eigenvalue weighted by molar-refractivity contribution is 0.0936. The molecule has 0 radical (unpaired) electrons. The molecule has 1 amide bonds. The average molecular weight is 327 g/mol. The summed E-state index contributed by atoms with van der Waals surface area (Å²) in [5.74, 6) is 0.543. The molecule has 1 unspecified atom stereocenters. The summed E-state index contributed by atoms with van der Waals surface area (Å²) in [5.41, 5.74) is 1.97. The van der Waals surface area contributed by atoms with E-state index in [4.69, 9.17) is 4.74 Å². The van der Waals surface area contributed by atoms with Gasteiger partial charge in [-0.25, -0.2) is 0 Å². The molecule has 0 bridgehead atoms. The molecule has 0 spiro atoms. The van der Waals surface area contributed by atoms with Crippen molar-refractivity contribution >= 4 is 24.9 Å². The molecule has 0 saturated heterocycles. The van der Waals surface area contributed by atoms with Crippen LogP contribution in [0.1, 0.15) is 22.1 Å². The van der Waals surface area contributed by atoms with E-state index >= 15 is 0 Å². The Balaban J connectivity index is 2.20. The van der Waals surface area contributed by atoms with Gasteiger partial charge in [-0.05, 0) is 29.5 Å². The van der Waals surface area contributed by atoms with Crippen LogP contribution < -0.4 is 14.8 Å². The van der Waals surface area contributed by atoms with Crippen molar-refractivity contribution in [2.75, 3.05) is 12.0 Å². The van der Waals surface area contributed by atoms with Crippen LogP contribution in [0.3, 0.4) is 0 Å². The van der Waals surface area contributed by atoms with Crippen molar-refractivity contribution in [1.82, 2.24) is 0 Å². The van der Waals surface area contributed by atoms with E-state index in [-0.39, 0.29) is 5.91 Å². The Morgan fingerprint density at radius 3 is 2.35 bits per heavy atom. The van der Waals surface area contributed by atoms with E-state index in [2.05, 4.69) is 19.6 Å². The number of anilines is 1. The molecule has 2 aromatic rings. The lowest BCUT2D eigenvalue weighted by Crippen LogP contribution is -2.42. The molecule has 0 fully saturated rings. The Morgan fingerprint density at radius 2 is 1.78 bits per heavy atom. The fourth-order valence-electron chi connectivity index (χ4n) is 3.01. The van der Waals surface area contributed by atoms with E-state index in [1.807, 2.05) is 36.4 Å². The van der Waals surface area contributed by atoms with E-state index in [1.165, 1.54) is 4.90 Å². The van der Waals surface area contributed by atoms with Crippen molar-refractivity contribution in [3.8, 4) is 5.75 Å². The third kappa shape index (κ3) is 2.56. The summed E-state index contributed by atoms with van der Waals surface area (Å²) in [5, 5.41) is 11.8. The van der Waals surface area contributed by atoms with Gasteiger partial charge in [0.25, 0.3) is 5.91 Å². The second-order valence-electron chi connectivity index (χ2n) is 6.77. The van der Waals surface area contributed by atoms with Crippen molar-refractivity contribution in [1.29, 1.82) is 0 Å². The fourth-order valence-corrected chi connectivity index (χ4v) is 4.58. The Kier molecular flexibility index (Phi) is 3.78. The predicted molar refractivity (Wildman–Crippen MR) is 94.2 cm³/mol. The van der Waals surface area contributed by atoms with Gasteiger partial charge >= 0.3 is 0 Å². The molecule has 0 saturated carbocycles. The normalized spacial score (nSPS) is 17.3. The summed E-state index contributed by atoms with van der Waals surface area (Å²) in [4.78, 5) is 14.5. The highest BCUT2D eigenvalue weighted by atomic mass is 28.3. The Labute approximate surface area is 137 Å². The largest absolute Gasteiger partial charge is 0.497 e. The van der Waals surface area contributed by atoms with E-state index in [1.54, 1.807) is 13.2 Å². The molecule has 1 aliphatic rings. The highest BCUT2D eigenvalue weighted by Gasteiger charge is 2.41. The van der Waals surface area contributed by atoms with Gasteiger partial charge in [-0.15, -0.1) is 0 Å². The van der Waals surface area contributed by atoms with Crippen LogP contribution in [0, 0.1) is 0 Å². The first-order valence-electron chi connectivity index (χ1n) is 7.63. The highest BCUT2D eigenvalue weighted by molar-refractivity contribution is 6.89. The molecular formula is C18H21NO3Si. The van der Waals surface area contributed by atoms with Crippen LogP contribution in [0.15, 0.2) is 42.5 Å². The quantitative estimate of drug-likeness (QED) is 0.882. The topological polar surface area (TPSA) is 49.8 Å². The second kappa shape index (κ2) is 5.51. The number of ether oxygens (including phenoxy) is 1. The molecule has 1 atom stereocenters. The molecule has 1 heterocycles. The summed E-state index contributed by atoms with van der Waals surface area (Å²) < 4.78 is 5.38. The van der Waals surface area contributed by atoms with Gasteiger partial charge in [0.05, 0.1) is 15.2 Å². The molecule has 2 aromatic carbocycles. The number of benzene rings is 2. The molecule has 1 N–H and O–H groups in total. The highest BCUT2D eigenvalue weighted by Crippen LogP contribution is 2.37. The number of fused-ring (bicyclic) bond motifs is 1. The molecule has 3 rings (SSSR count). The van der Waals surface area contributed by atoms with Crippen molar-refractivity contribution in [2.45, 2.75) is 25.9 Å². The first kappa shape index (κ1) is 15.8. The van der Waals surface area contributed by atoms with E-state index in [0.29, 0.717) is 22.6 Å². The number of aliphatic hydroxyl groups is 1. The molecule has 1 aliphatic heterocycles. The maximum absolute atomic E-state index is 13.0. The van der Waals surface area contributed by atoms with Crippen LogP contribution in [0.5, 0.6) is 5.75 Å². The summed E-state index contributed by atoms with van der Waals surface area (Å²) in [6.07, 6.45) is -0.981.